The number of halogens is 1. The van der Waals surface area contributed by atoms with Gasteiger partial charge in [0.15, 0.2) is 22.7 Å². The van der Waals surface area contributed by atoms with Crippen LogP contribution in [0.25, 0.3) is 11.2 Å². The first-order chi connectivity index (χ1) is 16.3. The van der Waals surface area contributed by atoms with Crippen molar-refractivity contribution in [2.75, 3.05) is 13.2 Å². The predicted molar refractivity (Wildman–Crippen MR) is 125 cm³/mol. The van der Waals surface area contributed by atoms with E-state index in [1.54, 1.807) is 10.6 Å². The lowest BCUT2D eigenvalue weighted by Gasteiger charge is -2.14. The molecule has 0 aliphatic rings. The number of rotatable bonds is 8. The minimum atomic E-state index is -0.504. The van der Waals surface area contributed by atoms with E-state index in [0.717, 1.165) is 10.1 Å². The van der Waals surface area contributed by atoms with Crippen molar-refractivity contribution < 1.29 is 18.6 Å². The van der Waals surface area contributed by atoms with Gasteiger partial charge in [0.25, 0.3) is 5.56 Å². The summed E-state index contributed by atoms with van der Waals surface area (Å²) in [7, 11) is 2.94. The van der Waals surface area contributed by atoms with Crippen LogP contribution in [0.1, 0.15) is 19.4 Å². The van der Waals surface area contributed by atoms with E-state index in [1.165, 1.54) is 42.9 Å². The summed E-state index contributed by atoms with van der Waals surface area (Å²) >= 11 is 0. The van der Waals surface area contributed by atoms with Crippen molar-refractivity contribution >= 4 is 11.2 Å². The van der Waals surface area contributed by atoms with Crippen LogP contribution in [-0.4, -0.2) is 31.9 Å². The molecule has 0 N–H and O–H groups in total. The predicted octanol–water partition coefficient (Wildman–Crippen LogP) is 3.21. The topological polar surface area (TPSA) is 89.5 Å². The van der Waals surface area contributed by atoms with Gasteiger partial charge in [0.1, 0.15) is 11.6 Å². The first kappa shape index (κ1) is 23.1. The Morgan fingerprint density at radius 1 is 0.912 bits per heavy atom. The van der Waals surface area contributed by atoms with Gasteiger partial charge in [-0.2, -0.15) is 4.98 Å². The molecule has 0 radical (unpaired) electrons. The van der Waals surface area contributed by atoms with Crippen molar-refractivity contribution in [3.63, 3.8) is 0 Å². The Morgan fingerprint density at radius 3 is 2.26 bits per heavy atom. The Kier molecular flexibility index (Phi) is 6.40. The van der Waals surface area contributed by atoms with Gasteiger partial charge < -0.3 is 14.2 Å². The number of nitrogens with zero attached hydrogens (tertiary/aromatic N) is 4. The van der Waals surface area contributed by atoms with E-state index in [-0.39, 0.29) is 23.7 Å². The highest BCUT2D eigenvalue weighted by molar-refractivity contribution is 5.72. The smallest absolute Gasteiger partial charge is 0.332 e. The highest BCUT2D eigenvalue weighted by Crippen LogP contribution is 2.31. The third kappa shape index (κ3) is 4.26. The Balaban J connectivity index is 1.87. The average molecular weight is 468 g/mol. The minimum absolute atomic E-state index is 0.0896. The lowest BCUT2D eigenvalue weighted by molar-refractivity contribution is 0.287. The van der Waals surface area contributed by atoms with Gasteiger partial charge in [-0.1, -0.05) is 6.07 Å². The number of hydrogen-bond acceptors (Lipinski definition) is 6. The second-order valence-corrected chi connectivity index (χ2v) is 7.56. The quantitative estimate of drug-likeness (QED) is 0.395. The second kappa shape index (κ2) is 9.42. The molecular weight excluding hydrogens is 443 g/mol. The summed E-state index contributed by atoms with van der Waals surface area (Å²) in [5.74, 6) is 1.12. The monoisotopic (exact) mass is 468 g/mol. The Bertz CT molecular complexity index is 1450. The van der Waals surface area contributed by atoms with Crippen LogP contribution in [-0.2, 0) is 20.6 Å². The van der Waals surface area contributed by atoms with Crippen LogP contribution in [0.4, 0.5) is 4.39 Å². The van der Waals surface area contributed by atoms with Crippen molar-refractivity contribution in [2.45, 2.75) is 20.4 Å². The second-order valence-electron chi connectivity index (χ2n) is 7.56. The first-order valence-electron chi connectivity index (χ1n) is 10.8. The molecule has 34 heavy (non-hydrogen) atoms. The first-order valence-corrected chi connectivity index (χ1v) is 10.8. The molecule has 0 fully saturated rings. The van der Waals surface area contributed by atoms with E-state index in [1.807, 2.05) is 26.0 Å². The third-order valence-corrected chi connectivity index (χ3v) is 5.28. The van der Waals surface area contributed by atoms with Crippen LogP contribution in [0.5, 0.6) is 23.3 Å². The zero-order valence-corrected chi connectivity index (χ0v) is 19.4. The summed E-state index contributed by atoms with van der Waals surface area (Å²) < 4.78 is 34.5. The van der Waals surface area contributed by atoms with Crippen LogP contribution in [0.15, 0.2) is 52.1 Å². The van der Waals surface area contributed by atoms with E-state index in [0.29, 0.717) is 30.5 Å². The van der Waals surface area contributed by atoms with Gasteiger partial charge in [0.05, 0.1) is 19.8 Å². The van der Waals surface area contributed by atoms with Gasteiger partial charge in [-0.05, 0) is 55.8 Å². The minimum Gasteiger partial charge on any atom is -0.490 e. The number of fused-ring (bicyclic) bond motifs is 1. The van der Waals surface area contributed by atoms with Gasteiger partial charge in [-0.3, -0.25) is 18.5 Å². The molecule has 0 atom stereocenters. The molecule has 10 heteroatoms. The maximum Gasteiger partial charge on any atom is 0.332 e. The largest absolute Gasteiger partial charge is 0.490 e. The van der Waals surface area contributed by atoms with Crippen molar-refractivity contribution in [1.82, 2.24) is 18.7 Å². The molecule has 0 bridgehead atoms. The van der Waals surface area contributed by atoms with Crippen LogP contribution < -0.4 is 25.5 Å². The Labute approximate surface area is 194 Å². The standard InChI is InChI=1S/C24H25FN4O5/c1-5-32-18-12-7-15(13-19(18)33-6-2)14-29-20-21(27(3)24(31)28(4)22(20)30)26-23(29)34-17-10-8-16(25)9-11-17/h7-13H,5-6,14H2,1-4H3. The van der Waals surface area contributed by atoms with E-state index < -0.39 is 17.1 Å². The Hall–Kier alpha value is -4.08. The fraction of sp³-hybridized carbons (Fsp3) is 0.292. The summed E-state index contributed by atoms with van der Waals surface area (Å²) in [5, 5.41) is 0. The molecule has 4 aromatic rings. The average Bonchev–Trinajstić information content (AvgIpc) is 3.17. The molecule has 0 spiro atoms. The lowest BCUT2D eigenvalue weighted by Crippen LogP contribution is -2.37. The van der Waals surface area contributed by atoms with E-state index in [2.05, 4.69) is 4.98 Å². The SMILES string of the molecule is CCOc1ccc(Cn2c(Oc3ccc(F)cc3)nc3c2c(=O)n(C)c(=O)n3C)cc1OCC. The molecule has 4 rings (SSSR count). The summed E-state index contributed by atoms with van der Waals surface area (Å²) in [6.07, 6.45) is 0. The highest BCUT2D eigenvalue weighted by atomic mass is 19.1. The molecule has 0 aliphatic carbocycles. The van der Waals surface area contributed by atoms with Crippen molar-refractivity contribution in [3.05, 3.63) is 74.7 Å². The number of aromatic nitrogens is 4. The number of imidazole rings is 1. The van der Waals surface area contributed by atoms with Crippen molar-refractivity contribution in [3.8, 4) is 23.3 Å². The lowest BCUT2D eigenvalue weighted by atomic mass is 10.2. The van der Waals surface area contributed by atoms with Crippen molar-refractivity contribution in [2.24, 2.45) is 14.1 Å². The van der Waals surface area contributed by atoms with Gasteiger partial charge >= 0.3 is 11.7 Å². The maximum atomic E-state index is 13.4. The zero-order valence-electron chi connectivity index (χ0n) is 19.4. The van der Waals surface area contributed by atoms with Crippen LogP contribution >= 0.6 is 0 Å². The molecule has 2 heterocycles. The third-order valence-electron chi connectivity index (χ3n) is 5.28. The van der Waals surface area contributed by atoms with E-state index in [4.69, 9.17) is 14.2 Å². The zero-order chi connectivity index (χ0) is 24.4. The summed E-state index contributed by atoms with van der Waals surface area (Å²) in [6.45, 7) is 4.92. The van der Waals surface area contributed by atoms with Gasteiger partial charge in [-0.25, -0.2) is 9.18 Å². The van der Waals surface area contributed by atoms with Gasteiger partial charge in [-0.15, -0.1) is 0 Å². The van der Waals surface area contributed by atoms with Crippen LogP contribution in [0.3, 0.4) is 0 Å². The number of hydrogen-bond donors (Lipinski definition) is 0. The fourth-order valence-corrected chi connectivity index (χ4v) is 3.64. The number of aryl methyl sites for hydroxylation is 1. The van der Waals surface area contributed by atoms with Crippen molar-refractivity contribution in [1.29, 1.82) is 0 Å². The molecule has 9 nitrogen and oxygen atoms in total. The number of benzene rings is 2. The van der Waals surface area contributed by atoms with Gasteiger partial charge in [0, 0.05) is 14.1 Å². The normalized spacial score (nSPS) is 11.1. The highest BCUT2D eigenvalue weighted by Gasteiger charge is 2.21. The van der Waals surface area contributed by atoms with Crippen LogP contribution in [0.2, 0.25) is 0 Å². The Morgan fingerprint density at radius 2 is 1.59 bits per heavy atom. The fourth-order valence-electron chi connectivity index (χ4n) is 3.64. The van der Waals surface area contributed by atoms with Gasteiger partial charge in [0.2, 0.25) is 0 Å². The molecule has 0 saturated carbocycles. The molecule has 0 unspecified atom stereocenters. The number of ether oxygens (including phenoxy) is 3. The summed E-state index contributed by atoms with van der Waals surface area (Å²) in [4.78, 5) is 30.0. The molecule has 2 aromatic heterocycles. The maximum absolute atomic E-state index is 13.4. The summed E-state index contributed by atoms with van der Waals surface area (Å²) in [6, 6.07) is 11.0. The molecule has 178 valence electrons. The molecule has 0 amide bonds. The molecule has 0 aliphatic heterocycles. The van der Waals surface area contributed by atoms with Crippen LogP contribution in [0, 0.1) is 5.82 Å². The molecule has 2 aromatic carbocycles. The van der Waals surface area contributed by atoms with E-state index >= 15 is 0 Å². The molecule has 0 saturated heterocycles. The molecular formula is C24H25FN4O5. The van der Waals surface area contributed by atoms with E-state index in [9.17, 15) is 14.0 Å². The summed E-state index contributed by atoms with van der Waals surface area (Å²) in [5.41, 5.74) is 0.173.